The monoisotopic (exact) mass is 264 g/mol. The number of rotatable bonds is 5. The predicted octanol–water partition coefficient (Wildman–Crippen LogP) is 1.59. The molecule has 1 saturated carbocycles. The molecular weight excluding hydrogens is 240 g/mol. The molecule has 2 rings (SSSR count). The van der Waals surface area contributed by atoms with E-state index in [-0.39, 0.29) is 5.54 Å². The molecule has 1 aromatic heterocycles. The highest BCUT2D eigenvalue weighted by atomic mass is 16.5. The molecule has 1 aliphatic carbocycles. The number of methoxy groups -OCH3 is 1. The van der Waals surface area contributed by atoms with Crippen molar-refractivity contribution in [3.8, 4) is 5.88 Å². The largest absolute Gasteiger partial charge is 0.481 e. The van der Waals surface area contributed by atoms with Crippen molar-refractivity contribution < 1.29 is 4.74 Å². The third kappa shape index (κ3) is 2.61. The van der Waals surface area contributed by atoms with E-state index in [9.17, 15) is 0 Å². The summed E-state index contributed by atoms with van der Waals surface area (Å²) in [6.07, 6.45) is 3.76. The molecule has 2 N–H and O–H groups in total. The maximum Gasteiger partial charge on any atom is 0.215 e. The lowest BCUT2D eigenvalue weighted by Gasteiger charge is -2.49. The van der Waals surface area contributed by atoms with Crippen molar-refractivity contribution in [3.63, 3.8) is 0 Å². The molecule has 0 radical (unpaired) electrons. The molecule has 19 heavy (non-hydrogen) atoms. The molecular formula is C14H24N4O. The SMILES string of the molecule is COc1ccc(N)c(N(C)CC2(N(C)C)CCC2)n1. The Morgan fingerprint density at radius 3 is 2.47 bits per heavy atom. The zero-order valence-corrected chi connectivity index (χ0v) is 12.3. The number of nitrogens with zero attached hydrogens (tertiary/aromatic N) is 3. The molecule has 5 nitrogen and oxygen atoms in total. The number of nitrogen functional groups attached to an aromatic ring is 1. The van der Waals surface area contributed by atoms with Gasteiger partial charge in [0, 0.05) is 25.2 Å². The lowest BCUT2D eigenvalue weighted by atomic mass is 9.75. The molecule has 1 heterocycles. The number of nitrogens with two attached hydrogens (primary N) is 1. The lowest BCUT2D eigenvalue weighted by molar-refractivity contribution is 0.0682. The van der Waals surface area contributed by atoms with Crippen LogP contribution in [0.2, 0.25) is 0 Å². The molecule has 1 aromatic rings. The van der Waals surface area contributed by atoms with Gasteiger partial charge in [0.25, 0.3) is 0 Å². The first-order valence-electron chi connectivity index (χ1n) is 6.67. The summed E-state index contributed by atoms with van der Waals surface area (Å²) in [6, 6.07) is 3.64. The van der Waals surface area contributed by atoms with Crippen LogP contribution in [0, 0.1) is 0 Å². The fraction of sp³-hybridized carbons (Fsp3) is 0.643. The fourth-order valence-corrected chi connectivity index (χ4v) is 2.71. The normalized spacial score (nSPS) is 17.1. The Hall–Kier alpha value is -1.49. The van der Waals surface area contributed by atoms with E-state index >= 15 is 0 Å². The standard InChI is InChI=1S/C14H24N4O/c1-17(2)14(8-5-9-14)10-18(3)13-11(15)6-7-12(16-13)19-4/h6-7H,5,8-10,15H2,1-4H3. The number of hydrogen-bond acceptors (Lipinski definition) is 5. The van der Waals surface area contributed by atoms with Crippen molar-refractivity contribution in [2.75, 3.05) is 45.4 Å². The van der Waals surface area contributed by atoms with E-state index in [1.807, 2.05) is 13.1 Å². The van der Waals surface area contributed by atoms with Crippen molar-refractivity contribution in [1.82, 2.24) is 9.88 Å². The van der Waals surface area contributed by atoms with Crippen molar-refractivity contribution >= 4 is 11.5 Å². The quantitative estimate of drug-likeness (QED) is 0.875. The van der Waals surface area contributed by atoms with E-state index in [4.69, 9.17) is 10.5 Å². The number of ether oxygens (including phenoxy) is 1. The summed E-state index contributed by atoms with van der Waals surface area (Å²) in [7, 11) is 7.96. The van der Waals surface area contributed by atoms with Gasteiger partial charge in [-0.3, -0.25) is 0 Å². The number of pyridine rings is 1. The summed E-state index contributed by atoms with van der Waals surface area (Å²) >= 11 is 0. The molecule has 5 heteroatoms. The number of anilines is 2. The summed E-state index contributed by atoms with van der Waals surface area (Å²) in [5, 5.41) is 0. The highest BCUT2D eigenvalue weighted by molar-refractivity contribution is 5.63. The van der Waals surface area contributed by atoms with E-state index in [1.54, 1.807) is 13.2 Å². The van der Waals surface area contributed by atoms with Crippen LogP contribution in [0.1, 0.15) is 19.3 Å². The van der Waals surface area contributed by atoms with Gasteiger partial charge < -0.3 is 20.3 Å². The maximum absolute atomic E-state index is 6.03. The second-order valence-corrected chi connectivity index (χ2v) is 5.59. The van der Waals surface area contributed by atoms with E-state index in [0.29, 0.717) is 11.6 Å². The van der Waals surface area contributed by atoms with E-state index in [2.05, 4.69) is 28.9 Å². The van der Waals surface area contributed by atoms with Crippen LogP contribution in [-0.4, -0.2) is 50.2 Å². The minimum absolute atomic E-state index is 0.256. The summed E-state index contributed by atoms with van der Waals surface area (Å²) < 4.78 is 5.17. The Kier molecular flexibility index (Phi) is 3.85. The van der Waals surface area contributed by atoms with Gasteiger partial charge in [0.1, 0.15) is 0 Å². The molecule has 0 aliphatic heterocycles. The Labute approximate surface area is 115 Å². The smallest absolute Gasteiger partial charge is 0.215 e. The minimum Gasteiger partial charge on any atom is -0.481 e. The van der Waals surface area contributed by atoms with Gasteiger partial charge in [-0.15, -0.1) is 0 Å². The average Bonchev–Trinajstić information content (AvgIpc) is 2.33. The van der Waals surface area contributed by atoms with Crippen LogP contribution in [0.5, 0.6) is 5.88 Å². The molecule has 0 saturated heterocycles. The number of hydrogen-bond donors (Lipinski definition) is 1. The Morgan fingerprint density at radius 2 is 2.00 bits per heavy atom. The number of aromatic nitrogens is 1. The Morgan fingerprint density at radius 1 is 1.32 bits per heavy atom. The third-order valence-electron chi connectivity index (χ3n) is 4.21. The van der Waals surface area contributed by atoms with Crippen molar-refractivity contribution in [2.24, 2.45) is 0 Å². The molecule has 106 valence electrons. The summed E-state index contributed by atoms with van der Waals surface area (Å²) in [6.45, 7) is 0.935. The molecule has 0 atom stereocenters. The van der Waals surface area contributed by atoms with Gasteiger partial charge in [-0.05, 0) is 39.4 Å². The van der Waals surface area contributed by atoms with Crippen LogP contribution >= 0.6 is 0 Å². The van der Waals surface area contributed by atoms with Crippen LogP contribution in [-0.2, 0) is 0 Å². The molecule has 0 amide bonds. The third-order valence-corrected chi connectivity index (χ3v) is 4.21. The van der Waals surface area contributed by atoms with Crippen LogP contribution in [0.3, 0.4) is 0 Å². The van der Waals surface area contributed by atoms with Crippen molar-refractivity contribution in [3.05, 3.63) is 12.1 Å². The molecule has 1 aliphatic rings. The maximum atomic E-state index is 6.03. The van der Waals surface area contributed by atoms with E-state index < -0.39 is 0 Å². The average molecular weight is 264 g/mol. The first kappa shape index (κ1) is 13.9. The second-order valence-electron chi connectivity index (χ2n) is 5.59. The van der Waals surface area contributed by atoms with Gasteiger partial charge in [-0.1, -0.05) is 0 Å². The molecule has 0 unspecified atom stereocenters. The highest BCUT2D eigenvalue weighted by Gasteiger charge is 2.40. The topological polar surface area (TPSA) is 54.6 Å². The van der Waals surface area contributed by atoms with Gasteiger partial charge in [0.15, 0.2) is 5.82 Å². The van der Waals surface area contributed by atoms with Gasteiger partial charge in [0.2, 0.25) is 5.88 Å². The van der Waals surface area contributed by atoms with E-state index in [1.165, 1.54) is 19.3 Å². The Bertz CT molecular complexity index is 443. The highest BCUT2D eigenvalue weighted by Crippen LogP contribution is 2.38. The van der Waals surface area contributed by atoms with Crippen LogP contribution in [0.25, 0.3) is 0 Å². The van der Waals surface area contributed by atoms with Crippen LogP contribution in [0.4, 0.5) is 11.5 Å². The Balaban J connectivity index is 2.17. The predicted molar refractivity (Wildman–Crippen MR) is 78.7 cm³/mol. The molecule has 0 spiro atoms. The van der Waals surface area contributed by atoms with Gasteiger partial charge in [-0.2, -0.15) is 4.98 Å². The van der Waals surface area contributed by atoms with Crippen molar-refractivity contribution in [2.45, 2.75) is 24.8 Å². The fourth-order valence-electron chi connectivity index (χ4n) is 2.71. The summed E-state index contributed by atoms with van der Waals surface area (Å²) in [5.41, 5.74) is 6.97. The lowest BCUT2D eigenvalue weighted by Crippen LogP contribution is -2.56. The number of likely N-dealkylation sites (N-methyl/N-ethyl adjacent to an activating group) is 2. The van der Waals surface area contributed by atoms with Gasteiger partial charge in [-0.25, -0.2) is 0 Å². The zero-order valence-electron chi connectivity index (χ0n) is 12.3. The van der Waals surface area contributed by atoms with Gasteiger partial charge >= 0.3 is 0 Å². The second kappa shape index (κ2) is 5.25. The van der Waals surface area contributed by atoms with Crippen LogP contribution < -0.4 is 15.4 Å². The first-order chi connectivity index (χ1) is 8.98. The zero-order chi connectivity index (χ0) is 14.0. The molecule has 0 aromatic carbocycles. The minimum atomic E-state index is 0.256. The summed E-state index contributed by atoms with van der Waals surface area (Å²) in [4.78, 5) is 8.91. The molecule has 1 fully saturated rings. The van der Waals surface area contributed by atoms with Crippen LogP contribution in [0.15, 0.2) is 12.1 Å². The molecule has 0 bridgehead atoms. The van der Waals surface area contributed by atoms with Gasteiger partial charge in [0.05, 0.1) is 12.8 Å². The first-order valence-corrected chi connectivity index (χ1v) is 6.67. The van der Waals surface area contributed by atoms with Crippen molar-refractivity contribution in [1.29, 1.82) is 0 Å². The van der Waals surface area contributed by atoms with E-state index in [0.717, 1.165) is 12.4 Å². The summed E-state index contributed by atoms with van der Waals surface area (Å²) in [5.74, 6) is 1.40.